The van der Waals surface area contributed by atoms with Crippen molar-refractivity contribution >= 4 is 5.91 Å². The number of ether oxygens (including phenoxy) is 1. The Morgan fingerprint density at radius 3 is 2.61 bits per heavy atom. The normalized spacial score (nSPS) is 17.7. The molecular weight excluding hydrogens is 288 g/mol. The van der Waals surface area contributed by atoms with Crippen molar-refractivity contribution < 1.29 is 9.53 Å². The molecule has 0 spiro atoms. The molecule has 1 heterocycles. The van der Waals surface area contributed by atoms with Gasteiger partial charge in [-0.05, 0) is 50.8 Å². The van der Waals surface area contributed by atoms with Crippen molar-refractivity contribution in [3.05, 3.63) is 29.8 Å². The summed E-state index contributed by atoms with van der Waals surface area (Å²) in [7, 11) is 0. The fourth-order valence-corrected chi connectivity index (χ4v) is 3.08. The number of piperidine rings is 1. The maximum atomic E-state index is 12.5. The number of nitrogens with one attached hydrogen (secondary N) is 1. The number of carbonyl (C=O) groups is 1. The molecule has 1 amide bonds. The van der Waals surface area contributed by atoms with Gasteiger partial charge in [0.25, 0.3) is 5.91 Å². The van der Waals surface area contributed by atoms with E-state index < -0.39 is 6.10 Å². The predicted octanol–water partition coefficient (Wildman–Crippen LogP) is 3.14. The number of likely N-dealkylation sites (tertiary alicyclic amines) is 1. The molecule has 4 heteroatoms. The number of amides is 1. The fourth-order valence-electron chi connectivity index (χ4n) is 3.08. The first-order valence-corrected chi connectivity index (χ1v) is 8.89. The number of para-hydroxylation sites is 1. The van der Waals surface area contributed by atoms with Crippen LogP contribution in [0.15, 0.2) is 24.3 Å². The quantitative estimate of drug-likeness (QED) is 0.840. The Balaban J connectivity index is 1.85. The van der Waals surface area contributed by atoms with Crippen LogP contribution in [0.25, 0.3) is 0 Å². The molecule has 0 bridgehead atoms. The number of rotatable bonds is 7. The van der Waals surface area contributed by atoms with E-state index in [0.717, 1.165) is 43.8 Å². The molecule has 0 saturated carbocycles. The molecule has 0 radical (unpaired) electrons. The number of hydrogen-bond acceptors (Lipinski definition) is 3. The molecule has 0 aliphatic carbocycles. The van der Waals surface area contributed by atoms with Crippen molar-refractivity contribution in [3.8, 4) is 5.75 Å². The van der Waals surface area contributed by atoms with E-state index >= 15 is 0 Å². The molecule has 2 rings (SSSR count). The van der Waals surface area contributed by atoms with Gasteiger partial charge in [0, 0.05) is 19.1 Å². The summed E-state index contributed by atoms with van der Waals surface area (Å²) in [5, 5.41) is 3.18. The van der Waals surface area contributed by atoms with Gasteiger partial charge in [-0.15, -0.1) is 0 Å². The average molecular weight is 318 g/mol. The van der Waals surface area contributed by atoms with E-state index in [1.54, 1.807) is 0 Å². The number of benzene rings is 1. The van der Waals surface area contributed by atoms with E-state index in [-0.39, 0.29) is 11.9 Å². The van der Waals surface area contributed by atoms with Gasteiger partial charge < -0.3 is 15.0 Å². The van der Waals surface area contributed by atoms with Crippen LogP contribution in [0, 0.1) is 6.92 Å². The first-order valence-electron chi connectivity index (χ1n) is 8.89. The summed E-state index contributed by atoms with van der Waals surface area (Å²) in [5.74, 6) is 0.817. The summed E-state index contributed by atoms with van der Waals surface area (Å²) < 4.78 is 5.93. The van der Waals surface area contributed by atoms with Gasteiger partial charge in [-0.3, -0.25) is 4.79 Å². The Morgan fingerprint density at radius 1 is 1.30 bits per heavy atom. The highest BCUT2D eigenvalue weighted by Crippen LogP contribution is 2.19. The molecule has 1 aromatic carbocycles. The highest BCUT2D eigenvalue weighted by molar-refractivity contribution is 5.81. The zero-order valence-corrected chi connectivity index (χ0v) is 14.7. The molecule has 128 valence electrons. The lowest BCUT2D eigenvalue weighted by Gasteiger charge is -2.32. The minimum Gasteiger partial charge on any atom is -0.480 e. The lowest BCUT2D eigenvalue weighted by atomic mass is 10.0. The molecule has 1 atom stereocenters. The van der Waals surface area contributed by atoms with E-state index in [1.807, 2.05) is 38.1 Å². The standard InChI is InChI=1S/C19H30N2O2/c1-4-12-21-13-10-16(11-14-21)20-19(22)17(5-2)23-18-9-7-6-8-15(18)3/h6-9,16-17H,4-5,10-14H2,1-3H3,(H,20,22)/t17-/m1/s1. The van der Waals surface area contributed by atoms with E-state index in [2.05, 4.69) is 17.1 Å². The van der Waals surface area contributed by atoms with Gasteiger partial charge in [-0.2, -0.15) is 0 Å². The molecule has 1 aliphatic rings. The molecule has 1 N–H and O–H groups in total. The van der Waals surface area contributed by atoms with Crippen LogP contribution in [-0.4, -0.2) is 42.6 Å². The maximum absolute atomic E-state index is 12.5. The summed E-state index contributed by atoms with van der Waals surface area (Å²) in [6.45, 7) is 9.52. The Labute approximate surface area is 140 Å². The van der Waals surface area contributed by atoms with Crippen molar-refractivity contribution in [2.75, 3.05) is 19.6 Å². The fraction of sp³-hybridized carbons (Fsp3) is 0.632. The third-order valence-electron chi connectivity index (χ3n) is 4.50. The average Bonchev–Trinajstić information content (AvgIpc) is 2.56. The van der Waals surface area contributed by atoms with Gasteiger partial charge in [0.15, 0.2) is 6.10 Å². The van der Waals surface area contributed by atoms with Crippen LogP contribution in [0.4, 0.5) is 0 Å². The van der Waals surface area contributed by atoms with Crippen LogP contribution in [0.3, 0.4) is 0 Å². The molecule has 0 aromatic heterocycles. The van der Waals surface area contributed by atoms with Gasteiger partial charge in [0.05, 0.1) is 0 Å². The molecule has 1 aliphatic heterocycles. The second-order valence-electron chi connectivity index (χ2n) is 6.40. The second kappa shape index (κ2) is 8.92. The minimum absolute atomic E-state index is 0.0182. The highest BCUT2D eigenvalue weighted by atomic mass is 16.5. The third-order valence-corrected chi connectivity index (χ3v) is 4.50. The summed E-state index contributed by atoms with van der Waals surface area (Å²) in [6.07, 6.45) is 3.53. The number of hydrogen-bond donors (Lipinski definition) is 1. The van der Waals surface area contributed by atoms with Crippen molar-refractivity contribution in [1.29, 1.82) is 0 Å². The topological polar surface area (TPSA) is 41.6 Å². The van der Waals surface area contributed by atoms with Gasteiger partial charge in [-0.25, -0.2) is 0 Å². The largest absolute Gasteiger partial charge is 0.480 e. The van der Waals surface area contributed by atoms with Crippen LogP contribution in [0.5, 0.6) is 5.75 Å². The Morgan fingerprint density at radius 2 is 2.00 bits per heavy atom. The van der Waals surface area contributed by atoms with Crippen molar-refractivity contribution in [1.82, 2.24) is 10.2 Å². The van der Waals surface area contributed by atoms with Crippen LogP contribution in [0.1, 0.15) is 45.1 Å². The zero-order valence-electron chi connectivity index (χ0n) is 14.7. The maximum Gasteiger partial charge on any atom is 0.261 e. The lowest BCUT2D eigenvalue weighted by molar-refractivity contribution is -0.129. The van der Waals surface area contributed by atoms with E-state index in [1.165, 1.54) is 6.42 Å². The summed E-state index contributed by atoms with van der Waals surface area (Å²) in [5.41, 5.74) is 1.06. The molecule has 23 heavy (non-hydrogen) atoms. The van der Waals surface area contributed by atoms with Crippen LogP contribution in [0.2, 0.25) is 0 Å². The lowest BCUT2D eigenvalue weighted by Crippen LogP contribution is -2.48. The number of nitrogens with zero attached hydrogens (tertiary/aromatic N) is 1. The summed E-state index contributed by atoms with van der Waals surface area (Å²) >= 11 is 0. The minimum atomic E-state index is -0.412. The van der Waals surface area contributed by atoms with Crippen molar-refractivity contribution in [2.24, 2.45) is 0 Å². The van der Waals surface area contributed by atoms with Gasteiger partial charge in [0.1, 0.15) is 5.75 Å². The summed E-state index contributed by atoms with van der Waals surface area (Å²) in [6, 6.07) is 8.13. The SMILES string of the molecule is CCCN1CCC(NC(=O)[C@@H](CC)Oc2ccccc2C)CC1. The van der Waals surface area contributed by atoms with E-state index in [0.29, 0.717) is 6.42 Å². The first kappa shape index (κ1) is 17.8. The third kappa shape index (κ3) is 5.24. The molecular formula is C19H30N2O2. The molecule has 0 unspecified atom stereocenters. The van der Waals surface area contributed by atoms with Crippen LogP contribution >= 0.6 is 0 Å². The van der Waals surface area contributed by atoms with E-state index in [4.69, 9.17) is 4.74 Å². The smallest absolute Gasteiger partial charge is 0.261 e. The van der Waals surface area contributed by atoms with Crippen LogP contribution < -0.4 is 10.1 Å². The first-order chi connectivity index (χ1) is 11.1. The number of carbonyl (C=O) groups excluding carboxylic acids is 1. The van der Waals surface area contributed by atoms with Gasteiger partial charge >= 0.3 is 0 Å². The Bertz CT molecular complexity index is 496. The monoisotopic (exact) mass is 318 g/mol. The Hall–Kier alpha value is -1.55. The highest BCUT2D eigenvalue weighted by Gasteiger charge is 2.25. The van der Waals surface area contributed by atoms with Crippen LogP contribution in [-0.2, 0) is 4.79 Å². The molecule has 1 fully saturated rings. The summed E-state index contributed by atoms with van der Waals surface area (Å²) in [4.78, 5) is 15.0. The molecule has 4 nitrogen and oxygen atoms in total. The Kier molecular flexibility index (Phi) is 6.90. The van der Waals surface area contributed by atoms with Gasteiger partial charge in [-0.1, -0.05) is 32.0 Å². The zero-order chi connectivity index (χ0) is 16.7. The van der Waals surface area contributed by atoms with Crippen molar-refractivity contribution in [2.45, 2.75) is 58.6 Å². The predicted molar refractivity (Wildman–Crippen MR) is 93.8 cm³/mol. The van der Waals surface area contributed by atoms with E-state index in [9.17, 15) is 4.79 Å². The van der Waals surface area contributed by atoms with Crippen molar-refractivity contribution in [3.63, 3.8) is 0 Å². The number of aryl methyl sites for hydroxylation is 1. The molecule has 1 saturated heterocycles. The molecule has 1 aromatic rings. The second-order valence-corrected chi connectivity index (χ2v) is 6.40. The van der Waals surface area contributed by atoms with Gasteiger partial charge in [0.2, 0.25) is 0 Å².